The van der Waals surface area contributed by atoms with E-state index in [2.05, 4.69) is 17.0 Å². The van der Waals surface area contributed by atoms with E-state index in [0.29, 0.717) is 0 Å². The van der Waals surface area contributed by atoms with E-state index in [1.807, 2.05) is 23.1 Å². The van der Waals surface area contributed by atoms with Gasteiger partial charge in [-0.05, 0) is 24.1 Å². The Kier molecular flexibility index (Phi) is 2.67. The highest BCUT2D eigenvalue weighted by molar-refractivity contribution is 5.46. The van der Waals surface area contributed by atoms with Gasteiger partial charge in [0, 0.05) is 37.2 Å². The molecule has 2 N–H and O–H groups in total. The molecule has 15 heavy (non-hydrogen) atoms. The van der Waals surface area contributed by atoms with Crippen LogP contribution in [0.25, 0.3) is 0 Å². The van der Waals surface area contributed by atoms with E-state index in [1.54, 1.807) is 12.4 Å². The summed E-state index contributed by atoms with van der Waals surface area (Å²) in [7, 11) is 0. The highest BCUT2D eigenvalue weighted by atomic mass is 15.3. The van der Waals surface area contributed by atoms with Crippen molar-refractivity contribution in [1.82, 2.24) is 14.8 Å². The Morgan fingerprint density at radius 2 is 2.27 bits per heavy atom. The number of pyridine rings is 1. The largest absolute Gasteiger partial charge is 0.398 e. The normalized spacial score (nSPS) is 10.5. The number of aromatic nitrogens is 3. The maximum atomic E-state index is 5.84. The molecule has 0 aliphatic rings. The smallest absolute Gasteiger partial charge is 0.0525 e. The van der Waals surface area contributed by atoms with Crippen LogP contribution in [0.15, 0.2) is 30.9 Å². The van der Waals surface area contributed by atoms with Crippen LogP contribution in [-0.4, -0.2) is 14.8 Å². The maximum absolute atomic E-state index is 5.84. The first-order valence-electron chi connectivity index (χ1n) is 4.99. The van der Waals surface area contributed by atoms with E-state index in [-0.39, 0.29) is 0 Å². The lowest BCUT2D eigenvalue weighted by atomic mass is 10.1. The average molecular weight is 202 g/mol. The van der Waals surface area contributed by atoms with Gasteiger partial charge in [0.2, 0.25) is 0 Å². The molecule has 78 valence electrons. The molecular formula is C11H14N4. The number of nitrogens with two attached hydrogens (primary N) is 1. The van der Waals surface area contributed by atoms with Gasteiger partial charge >= 0.3 is 0 Å². The van der Waals surface area contributed by atoms with Crippen molar-refractivity contribution in [3.63, 3.8) is 0 Å². The molecule has 2 heterocycles. The van der Waals surface area contributed by atoms with E-state index in [9.17, 15) is 0 Å². The van der Waals surface area contributed by atoms with E-state index >= 15 is 0 Å². The monoisotopic (exact) mass is 202 g/mol. The highest BCUT2D eigenvalue weighted by Gasteiger charge is 2.02. The second-order valence-corrected chi connectivity index (χ2v) is 3.46. The highest BCUT2D eigenvalue weighted by Crippen LogP contribution is 2.13. The lowest BCUT2D eigenvalue weighted by molar-refractivity contribution is 0.659. The number of nitrogen functional groups attached to an aromatic ring is 1. The topological polar surface area (TPSA) is 56.7 Å². The second kappa shape index (κ2) is 4.13. The van der Waals surface area contributed by atoms with Gasteiger partial charge in [0.15, 0.2) is 0 Å². The summed E-state index contributed by atoms with van der Waals surface area (Å²) in [4.78, 5) is 4.06. The summed E-state index contributed by atoms with van der Waals surface area (Å²) in [5.41, 5.74) is 8.84. The Morgan fingerprint density at radius 3 is 2.93 bits per heavy atom. The van der Waals surface area contributed by atoms with Gasteiger partial charge in [-0.1, -0.05) is 0 Å². The number of hydrogen-bond acceptors (Lipinski definition) is 3. The molecule has 2 rings (SSSR count). The van der Waals surface area contributed by atoms with Crippen LogP contribution in [0.1, 0.15) is 18.1 Å². The molecule has 0 bridgehead atoms. The molecule has 0 spiro atoms. The molecule has 0 atom stereocenters. The summed E-state index contributed by atoms with van der Waals surface area (Å²) in [6, 6.07) is 1.82. The molecule has 0 aromatic carbocycles. The molecule has 0 aliphatic carbocycles. The first kappa shape index (κ1) is 9.71. The Bertz CT molecular complexity index is 447. The zero-order chi connectivity index (χ0) is 10.7. The summed E-state index contributed by atoms with van der Waals surface area (Å²) < 4.78 is 1.90. The van der Waals surface area contributed by atoms with Crippen molar-refractivity contribution in [3.05, 3.63) is 42.0 Å². The van der Waals surface area contributed by atoms with Crippen LogP contribution in [0.4, 0.5) is 5.69 Å². The van der Waals surface area contributed by atoms with Crippen molar-refractivity contribution < 1.29 is 0 Å². The molecule has 4 nitrogen and oxygen atoms in total. The third-order valence-corrected chi connectivity index (χ3v) is 2.35. The van der Waals surface area contributed by atoms with Crippen molar-refractivity contribution in [2.75, 3.05) is 5.73 Å². The van der Waals surface area contributed by atoms with Crippen LogP contribution < -0.4 is 5.73 Å². The predicted octanol–water partition coefficient (Wildman–Crippen LogP) is 1.47. The molecule has 2 aromatic rings. The van der Waals surface area contributed by atoms with Gasteiger partial charge in [-0.25, -0.2) is 0 Å². The Hall–Kier alpha value is -1.84. The number of anilines is 1. The zero-order valence-electron chi connectivity index (χ0n) is 8.72. The Balaban J connectivity index is 2.18. The first-order chi connectivity index (χ1) is 7.29. The molecule has 0 radical (unpaired) electrons. The fraction of sp³-hybridized carbons (Fsp3) is 0.273. The number of hydrogen-bond donors (Lipinski definition) is 1. The van der Waals surface area contributed by atoms with Gasteiger partial charge in [-0.2, -0.15) is 5.10 Å². The SMILES string of the molecule is CCn1cc(Cc2cnccc2N)cn1. The third-order valence-electron chi connectivity index (χ3n) is 2.35. The second-order valence-electron chi connectivity index (χ2n) is 3.46. The van der Waals surface area contributed by atoms with Crippen molar-refractivity contribution in [2.24, 2.45) is 0 Å². The molecule has 4 heteroatoms. The van der Waals surface area contributed by atoms with E-state index in [0.717, 1.165) is 29.8 Å². The Morgan fingerprint density at radius 1 is 1.40 bits per heavy atom. The van der Waals surface area contributed by atoms with E-state index in [4.69, 9.17) is 5.73 Å². The summed E-state index contributed by atoms with van der Waals surface area (Å²) >= 11 is 0. The van der Waals surface area contributed by atoms with Crippen molar-refractivity contribution in [2.45, 2.75) is 19.9 Å². The molecule has 0 saturated heterocycles. The molecule has 0 fully saturated rings. The standard InChI is InChI=1S/C11H14N4/c1-2-15-8-9(6-14-15)5-10-7-13-4-3-11(10)12/h3-4,6-8H,2,5H2,1H3,(H2,12,13). The molecule has 0 aliphatic heterocycles. The quantitative estimate of drug-likeness (QED) is 0.820. The average Bonchev–Trinajstić information content (AvgIpc) is 2.69. The number of aryl methyl sites for hydroxylation is 1. The fourth-order valence-corrected chi connectivity index (χ4v) is 1.48. The lowest BCUT2D eigenvalue weighted by Crippen LogP contribution is -1.96. The lowest BCUT2D eigenvalue weighted by Gasteiger charge is -2.01. The van der Waals surface area contributed by atoms with Crippen LogP contribution in [-0.2, 0) is 13.0 Å². The zero-order valence-corrected chi connectivity index (χ0v) is 8.72. The third kappa shape index (κ3) is 2.15. The minimum absolute atomic E-state index is 0.786. The van der Waals surface area contributed by atoms with Crippen molar-refractivity contribution in [3.8, 4) is 0 Å². The van der Waals surface area contributed by atoms with Gasteiger partial charge < -0.3 is 5.73 Å². The van der Waals surface area contributed by atoms with Crippen LogP contribution in [0.3, 0.4) is 0 Å². The first-order valence-corrected chi connectivity index (χ1v) is 4.99. The minimum atomic E-state index is 0.786. The number of nitrogens with zero attached hydrogens (tertiary/aromatic N) is 3. The maximum Gasteiger partial charge on any atom is 0.0525 e. The van der Waals surface area contributed by atoms with Crippen LogP contribution in [0.5, 0.6) is 0 Å². The summed E-state index contributed by atoms with van der Waals surface area (Å²) in [5.74, 6) is 0. The van der Waals surface area contributed by atoms with E-state index < -0.39 is 0 Å². The molecular weight excluding hydrogens is 188 g/mol. The van der Waals surface area contributed by atoms with Crippen LogP contribution >= 0.6 is 0 Å². The van der Waals surface area contributed by atoms with Crippen LogP contribution in [0, 0.1) is 0 Å². The van der Waals surface area contributed by atoms with Gasteiger partial charge in [0.25, 0.3) is 0 Å². The van der Waals surface area contributed by atoms with Crippen LogP contribution in [0.2, 0.25) is 0 Å². The van der Waals surface area contributed by atoms with E-state index in [1.165, 1.54) is 0 Å². The van der Waals surface area contributed by atoms with Gasteiger partial charge in [-0.3, -0.25) is 9.67 Å². The molecule has 0 amide bonds. The Labute approximate surface area is 88.8 Å². The van der Waals surface area contributed by atoms with Gasteiger partial charge in [0.05, 0.1) is 6.20 Å². The van der Waals surface area contributed by atoms with Gasteiger partial charge in [-0.15, -0.1) is 0 Å². The summed E-state index contributed by atoms with van der Waals surface area (Å²) in [5, 5.41) is 4.22. The minimum Gasteiger partial charge on any atom is -0.398 e. The summed E-state index contributed by atoms with van der Waals surface area (Å²) in [6.45, 7) is 2.96. The predicted molar refractivity (Wildman–Crippen MR) is 59.4 cm³/mol. The van der Waals surface area contributed by atoms with Gasteiger partial charge in [0.1, 0.15) is 0 Å². The molecule has 2 aromatic heterocycles. The molecule has 0 unspecified atom stereocenters. The molecule has 0 saturated carbocycles. The number of rotatable bonds is 3. The fourth-order valence-electron chi connectivity index (χ4n) is 1.48. The summed E-state index contributed by atoms with van der Waals surface area (Å²) in [6.07, 6.45) is 8.20. The van der Waals surface area contributed by atoms with Crippen molar-refractivity contribution in [1.29, 1.82) is 0 Å². The van der Waals surface area contributed by atoms with Crippen molar-refractivity contribution >= 4 is 5.69 Å².